The second-order valence-electron chi connectivity index (χ2n) is 9.80. The predicted octanol–water partition coefficient (Wildman–Crippen LogP) is 5.40. The third-order valence-electron chi connectivity index (χ3n) is 7.08. The maximum atomic E-state index is 13.7. The first kappa shape index (κ1) is 29.9. The molecular formula is C28H27N7O6S2. The van der Waals surface area contributed by atoms with Crippen LogP contribution in [0.3, 0.4) is 0 Å². The van der Waals surface area contributed by atoms with Crippen molar-refractivity contribution in [3.05, 3.63) is 110 Å². The number of aryl methyl sites for hydroxylation is 1. The summed E-state index contributed by atoms with van der Waals surface area (Å²) in [5, 5.41) is 27.9. The summed E-state index contributed by atoms with van der Waals surface area (Å²) in [4.78, 5) is 26.4. The molecule has 0 amide bonds. The van der Waals surface area contributed by atoms with E-state index in [0.717, 1.165) is 23.4 Å². The number of anilines is 1. The number of piperidine rings is 1. The molecule has 3 aromatic carbocycles. The van der Waals surface area contributed by atoms with Crippen molar-refractivity contribution in [3.8, 4) is 0 Å². The summed E-state index contributed by atoms with van der Waals surface area (Å²) in [7, 11) is -2.32. The highest BCUT2D eigenvalue weighted by Gasteiger charge is 2.33. The van der Waals surface area contributed by atoms with Crippen molar-refractivity contribution in [3.63, 3.8) is 0 Å². The molecule has 1 fully saturated rings. The molecule has 1 aliphatic heterocycles. The maximum Gasteiger partial charge on any atom is 0.283 e. The number of sulfonamides is 1. The number of rotatable bonds is 10. The molecule has 0 unspecified atom stereocenters. The van der Waals surface area contributed by atoms with Crippen LogP contribution in [0.15, 0.2) is 99.2 Å². The minimum atomic E-state index is -4.11. The van der Waals surface area contributed by atoms with Crippen molar-refractivity contribution in [2.45, 2.75) is 33.7 Å². The molecule has 0 saturated carbocycles. The number of imidazole rings is 1. The fourth-order valence-electron chi connectivity index (χ4n) is 4.79. The van der Waals surface area contributed by atoms with Crippen LogP contribution in [0.5, 0.6) is 0 Å². The lowest BCUT2D eigenvalue weighted by Gasteiger charge is -2.31. The van der Waals surface area contributed by atoms with Crippen molar-refractivity contribution in [2.75, 3.05) is 18.5 Å². The number of hydrogen-bond donors (Lipinski definition) is 1. The van der Waals surface area contributed by atoms with Gasteiger partial charge in [0.1, 0.15) is 4.90 Å². The lowest BCUT2D eigenvalue weighted by Crippen LogP contribution is -2.38. The van der Waals surface area contributed by atoms with Gasteiger partial charge in [-0.05, 0) is 48.2 Å². The topological polar surface area (TPSA) is 166 Å². The minimum absolute atomic E-state index is 0.0449. The van der Waals surface area contributed by atoms with Crippen molar-refractivity contribution in [1.29, 1.82) is 0 Å². The van der Waals surface area contributed by atoms with Crippen molar-refractivity contribution < 1.29 is 18.3 Å². The minimum Gasteiger partial charge on any atom is -0.329 e. The van der Waals surface area contributed by atoms with Crippen LogP contribution in [-0.2, 0) is 17.1 Å². The van der Waals surface area contributed by atoms with E-state index in [9.17, 15) is 28.6 Å². The highest BCUT2D eigenvalue weighted by Crippen LogP contribution is 2.35. The molecule has 1 aliphatic rings. The average molecular weight is 622 g/mol. The molecule has 2 heterocycles. The van der Waals surface area contributed by atoms with Gasteiger partial charge in [-0.15, -0.1) is 0 Å². The molecule has 0 radical (unpaired) electrons. The zero-order valence-electron chi connectivity index (χ0n) is 22.9. The normalized spacial score (nSPS) is 14.6. The van der Waals surface area contributed by atoms with Gasteiger partial charge in [0.25, 0.3) is 11.4 Å². The highest BCUT2D eigenvalue weighted by molar-refractivity contribution is 7.99. The number of nitro benzene ring substituents is 2. The number of aromatic nitrogens is 2. The molecule has 0 spiro atoms. The summed E-state index contributed by atoms with van der Waals surface area (Å²) < 4.78 is 30.5. The Morgan fingerprint density at radius 1 is 1.02 bits per heavy atom. The van der Waals surface area contributed by atoms with E-state index < -0.39 is 19.9 Å². The van der Waals surface area contributed by atoms with Gasteiger partial charge in [-0.25, -0.2) is 13.4 Å². The second-order valence-corrected chi connectivity index (χ2v) is 12.7. The fourth-order valence-corrected chi connectivity index (χ4v) is 7.31. The second kappa shape index (κ2) is 12.7. The Morgan fingerprint density at radius 3 is 2.42 bits per heavy atom. The highest BCUT2D eigenvalue weighted by atomic mass is 32.2. The summed E-state index contributed by atoms with van der Waals surface area (Å²) in [6, 6.07) is 17.9. The van der Waals surface area contributed by atoms with Gasteiger partial charge < -0.3 is 4.57 Å². The summed E-state index contributed by atoms with van der Waals surface area (Å²) in [6.07, 6.45) is 5.88. The molecular weight excluding hydrogens is 594 g/mol. The Balaban J connectivity index is 1.36. The Hall–Kier alpha value is -4.60. The Morgan fingerprint density at radius 2 is 1.77 bits per heavy atom. The standard InChI is InChI=1S/C28H27N7O6S2/c1-32-16-13-29-28(32)42-26-10-7-20(17-25(26)35(38)39)19-30-31-24-9-8-23(34(36)37)18-27(24)43(40,41)33-14-11-22(12-15-33)21-5-3-2-4-6-21/h2-10,13,16-19,22,31H,11-12,14-15H2,1H3/b30-19-. The van der Waals surface area contributed by atoms with Crippen LogP contribution in [-0.4, -0.2) is 51.4 Å². The Kier molecular flexibility index (Phi) is 8.84. The molecule has 0 aliphatic carbocycles. The number of non-ortho nitro benzene ring substituents is 1. The smallest absolute Gasteiger partial charge is 0.283 e. The van der Waals surface area contributed by atoms with Gasteiger partial charge in [-0.1, -0.05) is 36.4 Å². The van der Waals surface area contributed by atoms with Gasteiger partial charge in [0.05, 0.1) is 26.6 Å². The summed E-state index contributed by atoms with van der Waals surface area (Å²) in [5.41, 5.74) is 3.73. The number of hydrazone groups is 1. The molecule has 4 aromatic rings. The fraction of sp³-hybridized carbons (Fsp3) is 0.214. The maximum absolute atomic E-state index is 13.7. The summed E-state index contributed by atoms with van der Waals surface area (Å²) >= 11 is 1.15. The SMILES string of the molecule is Cn1ccnc1Sc1ccc(/C=N\Nc2ccc([N+](=O)[O-])cc2S(=O)(=O)N2CCC(c3ccccc3)CC2)cc1[N+](=O)[O-]. The zero-order chi connectivity index (χ0) is 30.6. The number of nitrogens with one attached hydrogen (secondary N) is 1. The van der Waals surface area contributed by atoms with Crippen LogP contribution in [0.1, 0.15) is 29.9 Å². The molecule has 15 heteroatoms. The molecule has 222 valence electrons. The van der Waals surface area contributed by atoms with Crippen molar-refractivity contribution in [2.24, 2.45) is 12.1 Å². The van der Waals surface area contributed by atoms with E-state index in [4.69, 9.17) is 0 Å². The summed E-state index contributed by atoms with van der Waals surface area (Å²) in [6.45, 7) is 0.527. The van der Waals surface area contributed by atoms with Gasteiger partial charge >= 0.3 is 0 Å². The molecule has 1 N–H and O–H groups in total. The van der Waals surface area contributed by atoms with E-state index in [0.29, 0.717) is 28.5 Å². The Bertz CT molecular complexity index is 1790. The van der Waals surface area contributed by atoms with Crippen LogP contribution in [0.4, 0.5) is 17.1 Å². The van der Waals surface area contributed by atoms with Crippen molar-refractivity contribution in [1.82, 2.24) is 13.9 Å². The van der Waals surface area contributed by atoms with E-state index in [1.165, 1.54) is 28.7 Å². The lowest BCUT2D eigenvalue weighted by atomic mass is 9.90. The first-order chi connectivity index (χ1) is 20.6. The molecule has 1 saturated heterocycles. The summed E-state index contributed by atoms with van der Waals surface area (Å²) in [5.74, 6) is 0.220. The van der Waals surface area contributed by atoms with Gasteiger partial charge in [0.15, 0.2) is 5.16 Å². The predicted molar refractivity (Wildman–Crippen MR) is 162 cm³/mol. The molecule has 43 heavy (non-hydrogen) atoms. The number of hydrogen-bond acceptors (Lipinski definition) is 10. The third-order valence-corrected chi connectivity index (χ3v) is 10.2. The first-order valence-corrected chi connectivity index (χ1v) is 15.5. The lowest BCUT2D eigenvalue weighted by molar-refractivity contribution is -0.387. The molecule has 13 nitrogen and oxygen atoms in total. The van der Waals surface area contributed by atoms with Crippen molar-refractivity contribution >= 4 is 45.1 Å². The quantitative estimate of drug-likeness (QED) is 0.139. The molecule has 5 rings (SSSR count). The number of nitrogens with zero attached hydrogens (tertiary/aromatic N) is 6. The largest absolute Gasteiger partial charge is 0.329 e. The van der Waals surface area contributed by atoms with Gasteiger partial charge in [0, 0.05) is 56.3 Å². The van der Waals surface area contributed by atoms with Crippen LogP contribution >= 0.6 is 11.8 Å². The van der Waals surface area contributed by atoms with E-state index in [1.807, 2.05) is 30.3 Å². The van der Waals surface area contributed by atoms with E-state index >= 15 is 0 Å². The molecule has 0 bridgehead atoms. The van der Waals surface area contributed by atoms with Gasteiger partial charge in [0.2, 0.25) is 10.0 Å². The van der Waals surface area contributed by atoms with E-state index in [1.54, 1.807) is 36.1 Å². The van der Waals surface area contributed by atoms with Gasteiger partial charge in [-0.3, -0.25) is 25.7 Å². The van der Waals surface area contributed by atoms with Crippen LogP contribution in [0.25, 0.3) is 0 Å². The molecule has 0 atom stereocenters. The molecule has 1 aromatic heterocycles. The van der Waals surface area contributed by atoms with Crippen LogP contribution in [0, 0.1) is 20.2 Å². The van der Waals surface area contributed by atoms with Crippen LogP contribution < -0.4 is 5.43 Å². The third kappa shape index (κ3) is 6.74. The number of nitro groups is 2. The Labute approximate surface area is 251 Å². The number of benzene rings is 3. The van der Waals surface area contributed by atoms with E-state index in [2.05, 4.69) is 15.5 Å². The van der Waals surface area contributed by atoms with Gasteiger partial charge in [-0.2, -0.15) is 9.41 Å². The zero-order valence-corrected chi connectivity index (χ0v) is 24.6. The first-order valence-electron chi connectivity index (χ1n) is 13.2. The van der Waals surface area contributed by atoms with Crippen LogP contribution in [0.2, 0.25) is 0 Å². The monoisotopic (exact) mass is 621 g/mol. The average Bonchev–Trinajstić information content (AvgIpc) is 3.42. The van der Waals surface area contributed by atoms with E-state index in [-0.39, 0.29) is 41.0 Å².